The van der Waals surface area contributed by atoms with Crippen LogP contribution < -0.4 is 0 Å². The van der Waals surface area contributed by atoms with Gasteiger partial charge < -0.3 is 10.1 Å². The Labute approximate surface area is 133 Å². The first-order chi connectivity index (χ1) is 11.1. The molecule has 1 heterocycles. The molecule has 122 valence electrons. The van der Waals surface area contributed by atoms with E-state index in [1.165, 1.54) is 12.5 Å². The fraction of sp³-hybridized carbons (Fsp3) is 0.471. The van der Waals surface area contributed by atoms with Gasteiger partial charge in [-0.25, -0.2) is 0 Å². The van der Waals surface area contributed by atoms with E-state index >= 15 is 0 Å². The minimum absolute atomic E-state index is 0.0380. The van der Waals surface area contributed by atoms with E-state index in [-0.39, 0.29) is 18.0 Å². The third kappa shape index (κ3) is 3.21. The van der Waals surface area contributed by atoms with E-state index in [4.69, 9.17) is 0 Å². The monoisotopic (exact) mass is 316 g/mol. The van der Waals surface area contributed by atoms with Gasteiger partial charge in [-0.3, -0.25) is 14.9 Å². The number of carbonyl (C=O) groups is 1. The zero-order valence-electron chi connectivity index (χ0n) is 12.8. The number of nitrogens with one attached hydrogen (secondary N) is 1. The van der Waals surface area contributed by atoms with Gasteiger partial charge in [-0.2, -0.15) is 0 Å². The van der Waals surface area contributed by atoms with Crippen LogP contribution in [0.25, 0.3) is 10.9 Å². The van der Waals surface area contributed by atoms with E-state index in [9.17, 15) is 20.0 Å². The lowest BCUT2D eigenvalue weighted by molar-refractivity contribution is -0.384. The molecule has 0 bridgehead atoms. The molecule has 1 atom stereocenters. The van der Waals surface area contributed by atoms with Gasteiger partial charge >= 0.3 is 5.97 Å². The van der Waals surface area contributed by atoms with Crippen LogP contribution in [0.15, 0.2) is 24.4 Å². The minimum atomic E-state index is -0.819. The maximum atomic E-state index is 11.3. The molecular formula is C17H20N2O4. The number of non-ortho nitro benzene ring substituents is 1. The Kier molecular flexibility index (Phi) is 4.32. The lowest BCUT2D eigenvalue weighted by Gasteiger charge is -2.29. The molecule has 1 aliphatic rings. The van der Waals surface area contributed by atoms with E-state index in [1.807, 2.05) is 6.20 Å². The molecule has 3 rings (SSSR count). The molecule has 0 amide bonds. The highest BCUT2D eigenvalue weighted by Gasteiger charge is 2.29. The topological polar surface area (TPSA) is 96.2 Å². The average molecular weight is 316 g/mol. The van der Waals surface area contributed by atoms with Crippen LogP contribution in [0.3, 0.4) is 0 Å². The first-order valence-corrected chi connectivity index (χ1v) is 8.03. The summed E-state index contributed by atoms with van der Waals surface area (Å²) in [5.41, 5.74) is 1.76. The maximum absolute atomic E-state index is 11.3. The van der Waals surface area contributed by atoms with E-state index in [0.717, 1.165) is 42.1 Å². The second kappa shape index (κ2) is 6.40. The summed E-state index contributed by atoms with van der Waals surface area (Å²) in [4.78, 5) is 25.1. The van der Waals surface area contributed by atoms with Crippen molar-refractivity contribution in [2.24, 2.45) is 5.92 Å². The Morgan fingerprint density at radius 2 is 2.09 bits per heavy atom. The van der Waals surface area contributed by atoms with E-state index in [0.29, 0.717) is 5.92 Å². The van der Waals surface area contributed by atoms with Gasteiger partial charge in [0, 0.05) is 29.2 Å². The number of nitro benzene ring substituents is 1. The summed E-state index contributed by atoms with van der Waals surface area (Å²) < 4.78 is 0. The number of aromatic amines is 1. The lowest BCUT2D eigenvalue weighted by Crippen LogP contribution is -2.19. The SMILES string of the molecule is O=C(O)C[C@@H](c1c[nH]c2ccc([N+](=O)[O-])cc12)C1CCCCC1. The van der Waals surface area contributed by atoms with Crippen molar-refractivity contribution in [1.29, 1.82) is 0 Å². The van der Waals surface area contributed by atoms with Gasteiger partial charge in [0.25, 0.3) is 5.69 Å². The number of benzene rings is 1. The van der Waals surface area contributed by atoms with Crippen molar-refractivity contribution in [2.75, 3.05) is 0 Å². The highest BCUT2D eigenvalue weighted by molar-refractivity contribution is 5.86. The predicted octanol–water partition coefficient (Wildman–Crippen LogP) is 4.21. The average Bonchev–Trinajstić information content (AvgIpc) is 2.96. The van der Waals surface area contributed by atoms with Crippen molar-refractivity contribution < 1.29 is 14.8 Å². The predicted molar refractivity (Wildman–Crippen MR) is 86.5 cm³/mol. The molecule has 0 unspecified atom stereocenters. The standard InChI is InChI=1S/C17H20N2O4/c20-17(21)9-13(11-4-2-1-3-5-11)15-10-18-16-7-6-12(19(22)23)8-14(15)16/h6-8,10-11,13,18H,1-5,9H2,(H,20,21)/t13-/m1/s1. The van der Waals surface area contributed by atoms with Crippen LogP contribution in [-0.4, -0.2) is 21.0 Å². The van der Waals surface area contributed by atoms with Crippen molar-refractivity contribution in [3.8, 4) is 0 Å². The molecular weight excluding hydrogens is 296 g/mol. The number of aromatic nitrogens is 1. The van der Waals surface area contributed by atoms with Gasteiger partial charge in [-0.05, 0) is 36.3 Å². The molecule has 1 aromatic heterocycles. The molecule has 1 aromatic carbocycles. The Hall–Kier alpha value is -2.37. The third-order valence-electron chi connectivity index (χ3n) is 4.92. The summed E-state index contributed by atoms with van der Waals surface area (Å²) in [6.45, 7) is 0. The molecule has 6 nitrogen and oxygen atoms in total. The Morgan fingerprint density at radius 3 is 2.74 bits per heavy atom. The van der Waals surface area contributed by atoms with Gasteiger partial charge in [0.05, 0.1) is 11.3 Å². The molecule has 23 heavy (non-hydrogen) atoms. The zero-order chi connectivity index (χ0) is 16.4. The third-order valence-corrected chi connectivity index (χ3v) is 4.92. The summed E-state index contributed by atoms with van der Waals surface area (Å²) in [7, 11) is 0. The summed E-state index contributed by atoms with van der Waals surface area (Å²) in [6, 6.07) is 4.71. The minimum Gasteiger partial charge on any atom is -0.481 e. The lowest BCUT2D eigenvalue weighted by atomic mass is 9.75. The van der Waals surface area contributed by atoms with Gasteiger partial charge in [0.1, 0.15) is 0 Å². The zero-order valence-corrected chi connectivity index (χ0v) is 12.8. The molecule has 0 aliphatic heterocycles. The van der Waals surface area contributed by atoms with Crippen LogP contribution in [0.5, 0.6) is 0 Å². The van der Waals surface area contributed by atoms with Crippen LogP contribution >= 0.6 is 0 Å². The molecule has 1 fully saturated rings. The molecule has 0 radical (unpaired) electrons. The van der Waals surface area contributed by atoms with Crippen LogP contribution in [-0.2, 0) is 4.79 Å². The molecule has 1 aliphatic carbocycles. The van der Waals surface area contributed by atoms with E-state index in [2.05, 4.69) is 4.98 Å². The van der Waals surface area contributed by atoms with Crippen molar-refractivity contribution in [1.82, 2.24) is 4.98 Å². The fourth-order valence-electron chi connectivity index (χ4n) is 3.81. The van der Waals surface area contributed by atoms with Crippen LogP contribution in [0.1, 0.15) is 50.0 Å². The first-order valence-electron chi connectivity index (χ1n) is 8.03. The number of carboxylic acids is 1. The van der Waals surface area contributed by atoms with Crippen molar-refractivity contribution in [3.05, 3.63) is 40.1 Å². The van der Waals surface area contributed by atoms with E-state index < -0.39 is 10.9 Å². The smallest absolute Gasteiger partial charge is 0.303 e. The van der Waals surface area contributed by atoms with Gasteiger partial charge in [-0.1, -0.05) is 19.3 Å². The second-order valence-electron chi connectivity index (χ2n) is 6.33. The number of hydrogen-bond acceptors (Lipinski definition) is 3. The molecule has 0 saturated heterocycles. The van der Waals surface area contributed by atoms with Crippen LogP contribution in [0.4, 0.5) is 5.69 Å². The van der Waals surface area contributed by atoms with Gasteiger partial charge in [-0.15, -0.1) is 0 Å². The number of nitrogens with zero attached hydrogens (tertiary/aromatic N) is 1. The molecule has 2 aromatic rings. The maximum Gasteiger partial charge on any atom is 0.303 e. The highest BCUT2D eigenvalue weighted by atomic mass is 16.6. The Balaban J connectivity index is 2.03. The van der Waals surface area contributed by atoms with Gasteiger partial charge in [0.2, 0.25) is 0 Å². The van der Waals surface area contributed by atoms with Crippen LogP contribution in [0, 0.1) is 16.0 Å². The summed E-state index contributed by atoms with van der Waals surface area (Å²) in [5, 5.41) is 21.1. The Bertz CT molecular complexity index is 731. The molecule has 1 saturated carbocycles. The normalized spacial score (nSPS) is 17.2. The molecule has 2 N–H and O–H groups in total. The summed E-state index contributed by atoms with van der Waals surface area (Å²) >= 11 is 0. The number of carboxylic acid groups (broad SMARTS) is 1. The number of fused-ring (bicyclic) bond motifs is 1. The first kappa shape index (κ1) is 15.5. The number of hydrogen-bond donors (Lipinski definition) is 2. The van der Waals surface area contributed by atoms with Gasteiger partial charge in [0.15, 0.2) is 0 Å². The summed E-state index contributed by atoms with van der Waals surface area (Å²) in [5.74, 6) is -0.581. The summed E-state index contributed by atoms with van der Waals surface area (Å²) in [6.07, 6.45) is 7.41. The fourth-order valence-corrected chi connectivity index (χ4v) is 3.81. The quantitative estimate of drug-likeness (QED) is 0.637. The van der Waals surface area contributed by atoms with Crippen molar-refractivity contribution >= 4 is 22.6 Å². The van der Waals surface area contributed by atoms with Crippen molar-refractivity contribution in [2.45, 2.75) is 44.4 Å². The highest BCUT2D eigenvalue weighted by Crippen LogP contribution is 2.41. The number of aliphatic carboxylic acids is 1. The van der Waals surface area contributed by atoms with E-state index in [1.54, 1.807) is 12.1 Å². The number of rotatable bonds is 5. The second-order valence-corrected chi connectivity index (χ2v) is 6.33. The number of nitro groups is 1. The Morgan fingerprint density at radius 1 is 1.35 bits per heavy atom. The molecule has 6 heteroatoms. The largest absolute Gasteiger partial charge is 0.481 e. The number of H-pyrrole nitrogens is 1. The van der Waals surface area contributed by atoms with Crippen LogP contribution in [0.2, 0.25) is 0 Å². The van der Waals surface area contributed by atoms with Crippen molar-refractivity contribution in [3.63, 3.8) is 0 Å². The molecule has 0 spiro atoms.